The Kier molecular flexibility index (Phi) is 3.00. The van der Waals surface area contributed by atoms with Crippen molar-refractivity contribution in [3.05, 3.63) is 24.3 Å². The average molecular weight is 178 g/mol. The molecule has 1 aliphatic carbocycles. The summed E-state index contributed by atoms with van der Waals surface area (Å²) < 4.78 is 0. The van der Waals surface area contributed by atoms with Crippen LogP contribution in [-0.2, 0) is 0 Å². The lowest BCUT2D eigenvalue weighted by atomic mass is 9.78. The van der Waals surface area contributed by atoms with Gasteiger partial charge in [-0.05, 0) is 31.6 Å². The van der Waals surface area contributed by atoms with Crippen molar-refractivity contribution in [2.24, 2.45) is 11.3 Å². The maximum absolute atomic E-state index is 4.19. The van der Waals surface area contributed by atoms with Crippen molar-refractivity contribution < 1.29 is 0 Å². The van der Waals surface area contributed by atoms with E-state index >= 15 is 0 Å². The van der Waals surface area contributed by atoms with Crippen LogP contribution in [0.3, 0.4) is 0 Å². The summed E-state index contributed by atoms with van der Waals surface area (Å²) in [6.45, 7) is 15.1. The van der Waals surface area contributed by atoms with E-state index in [0.29, 0.717) is 11.3 Å². The Labute approximate surface area is 82.7 Å². The molecule has 13 heavy (non-hydrogen) atoms. The molecule has 0 aliphatic heterocycles. The molecule has 2 unspecified atom stereocenters. The standard InChI is InChI=1S/C13H22/c1-6-10(4)12(7-2)13(8-3)9-11(13)5/h12H,4-9H2,1-3H3. The van der Waals surface area contributed by atoms with Crippen molar-refractivity contribution in [3.8, 4) is 0 Å². The highest BCUT2D eigenvalue weighted by atomic mass is 14.5. The van der Waals surface area contributed by atoms with Crippen LogP contribution in [0.15, 0.2) is 24.3 Å². The van der Waals surface area contributed by atoms with E-state index in [1.165, 1.54) is 30.4 Å². The maximum Gasteiger partial charge on any atom is 0.000929 e. The molecule has 0 heterocycles. The fraction of sp³-hybridized carbons (Fsp3) is 0.692. The van der Waals surface area contributed by atoms with E-state index < -0.39 is 0 Å². The van der Waals surface area contributed by atoms with Gasteiger partial charge in [-0.2, -0.15) is 0 Å². The molecule has 0 radical (unpaired) electrons. The molecule has 1 rings (SSSR count). The van der Waals surface area contributed by atoms with E-state index in [0.717, 1.165) is 6.42 Å². The minimum Gasteiger partial charge on any atom is -0.0996 e. The van der Waals surface area contributed by atoms with Crippen molar-refractivity contribution in [1.82, 2.24) is 0 Å². The Morgan fingerprint density at radius 1 is 1.46 bits per heavy atom. The second-order valence-corrected chi connectivity index (χ2v) is 4.26. The van der Waals surface area contributed by atoms with Crippen LogP contribution < -0.4 is 0 Å². The zero-order valence-electron chi connectivity index (χ0n) is 9.32. The minimum absolute atomic E-state index is 0.446. The smallest absolute Gasteiger partial charge is 0.000929 e. The normalized spacial score (nSPS) is 28.7. The van der Waals surface area contributed by atoms with Gasteiger partial charge in [-0.1, -0.05) is 45.1 Å². The summed E-state index contributed by atoms with van der Waals surface area (Å²) >= 11 is 0. The molecule has 1 fully saturated rings. The predicted octanol–water partition coefficient (Wildman–Crippen LogP) is 4.34. The highest BCUT2D eigenvalue weighted by molar-refractivity contribution is 5.34. The Hall–Kier alpha value is -0.520. The predicted molar refractivity (Wildman–Crippen MR) is 59.7 cm³/mol. The number of rotatable bonds is 5. The lowest BCUT2D eigenvalue weighted by Crippen LogP contribution is -2.16. The SMILES string of the molecule is C=C(CC)C(CC)C1(CC)CC1=C. The van der Waals surface area contributed by atoms with Crippen molar-refractivity contribution in [1.29, 1.82) is 0 Å². The van der Waals surface area contributed by atoms with Crippen LogP contribution in [-0.4, -0.2) is 0 Å². The van der Waals surface area contributed by atoms with Crippen LogP contribution in [0.5, 0.6) is 0 Å². The first-order valence-corrected chi connectivity index (χ1v) is 5.48. The largest absolute Gasteiger partial charge is 0.0996 e. The van der Waals surface area contributed by atoms with E-state index in [4.69, 9.17) is 0 Å². The van der Waals surface area contributed by atoms with Crippen molar-refractivity contribution in [2.45, 2.75) is 46.5 Å². The van der Waals surface area contributed by atoms with Gasteiger partial charge in [-0.3, -0.25) is 0 Å². The third kappa shape index (κ3) is 1.59. The fourth-order valence-corrected chi connectivity index (χ4v) is 2.64. The van der Waals surface area contributed by atoms with Crippen LogP contribution in [0.4, 0.5) is 0 Å². The molecule has 0 bridgehead atoms. The Balaban J connectivity index is 2.77. The van der Waals surface area contributed by atoms with Gasteiger partial charge in [0.1, 0.15) is 0 Å². The van der Waals surface area contributed by atoms with E-state index in [-0.39, 0.29) is 0 Å². The molecule has 74 valence electrons. The number of hydrogen-bond donors (Lipinski definition) is 0. The first-order valence-electron chi connectivity index (χ1n) is 5.48. The highest BCUT2D eigenvalue weighted by Crippen LogP contribution is 2.61. The summed E-state index contributed by atoms with van der Waals surface area (Å²) in [5.41, 5.74) is 3.32. The van der Waals surface area contributed by atoms with E-state index in [9.17, 15) is 0 Å². The molecule has 0 aromatic rings. The molecule has 0 nitrogen and oxygen atoms in total. The fourth-order valence-electron chi connectivity index (χ4n) is 2.64. The van der Waals surface area contributed by atoms with Gasteiger partial charge in [0, 0.05) is 5.41 Å². The molecule has 0 aromatic heterocycles. The molecule has 0 spiro atoms. The molecular formula is C13H22. The average Bonchev–Trinajstić information content (AvgIpc) is 2.79. The van der Waals surface area contributed by atoms with Crippen LogP contribution >= 0.6 is 0 Å². The van der Waals surface area contributed by atoms with Gasteiger partial charge < -0.3 is 0 Å². The molecule has 0 amide bonds. The van der Waals surface area contributed by atoms with Gasteiger partial charge in [0.05, 0.1) is 0 Å². The second-order valence-electron chi connectivity index (χ2n) is 4.26. The van der Waals surface area contributed by atoms with Crippen molar-refractivity contribution in [2.75, 3.05) is 0 Å². The molecule has 0 heteroatoms. The molecule has 0 aromatic carbocycles. The van der Waals surface area contributed by atoms with Crippen molar-refractivity contribution >= 4 is 0 Å². The number of hydrogen-bond acceptors (Lipinski definition) is 0. The van der Waals surface area contributed by atoms with Gasteiger partial charge in [0.2, 0.25) is 0 Å². The Bertz CT molecular complexity index is 224. The Morgan fingerprint density at radius 3 is 2.23 bits per heavy atom. The summed E-state index contributed by atoms with van der Waals surface area (Å²) in [7, 11) is 0. The van der Waals surface area contributed by atoms with Crippen LogP contribution in [0.25, 0.3) is 0 Å². The summed E-state index contributed by atoms with van der Waals surface area (Å²) in [4.78, 5) is 0. The first-order chi connectivity index (χ1) is 6.12. The van der Waals surface area contributed by atoms with E-state index in [1.807, 2.05) is 0 Å². The zero-order valence-corrected chi connectivity index (χ0v) is 9.32. The highest BCUT2D eigenvalue weighted by Gasteiger charge is 2.51. The van der Waals surface area contributed by atoms with Gasteiger partial charge in [-0.25, -0.2) is 0 Å². The third-order valence-corrected chi connectivity index (χ3v) is 3.76. The number of allylic oxidation sites excluding steroid dienone is 2. The van der Waals surface area contributed by atoms with Gasteiger partial charge >= 0.3 is 0 Å². The summed E-state index contributed by atoms with van der Waals surface area (Å²) in [6.07, 6.45) is 4.82. The molecule has 0 N–H and O–H groups in total. The molecule has 1 saturated carbocycles. The summed E-state index contributed by atoms with van der Waals surface area (Å²) in [5.74, 6) is 0.690. The van der Waals surface area contributed by atoms with Crippen LogP contribution in [0.2, 0.25) is 0 Å². The van der Waals surface area contributed by atoms with Gasteiger partial charge in [-0.15, -0.1) is 0 Å². The molecule has 0 saturated heterocycles. The van der Waals surface area contributed by atoms with E-state index in [1.54, 1.807) is 0 Å². The summed E-state index contributed by atoms with van der Waals surface area (Å²) in [5, 5.41) is 0. The van der Waals surface area contributed by atoms with Crippen molar-refractivity contribution in [3.63, 3.8) is 0 Å². The molecule has 2 atom stereocenters. The molecular weight excluding hydrogens is 156 g/mol. The van der Waals surface area contributed by atoms with Crippen LogP contribution in [0.1, 0.15) is 46.5 Å². The second kappa shape index (κ2) is 3.69. The lowest BCUT2D eigenvalue weighted by Gasteiger charge is -2.26. The summed E-state index contributed by atoms with van der Waals surface area (Å²) in [6, 6.07) is 0. The minimum atomic E-state index is 0.446. The van der Waals surface area contributed by atoms with E-state index in [2.05, 4.69) is 33.9 Å². The maximum atomic E-state index is 4.19. The first kappa shape index (κ1) is 10.6. The monoisotopic (exact) mass is 178 g/mol. The third-order valence-electron chi connectivity index (χ3n) is 3.76. The van der Waals surface area contributed by atoms with Crippen LogP contribution in [0, 0.1) is 11.3 Å². The topological polar surface area (TPSA) is 0 Å². The molecule has 1 aliphatic rings. The Morgan fingerprint density at radius 2 is 2.00 bits per heavy atom. The van der Waals surface area contributed by atoms with Gasteiger partial charge in [0.15, 0.2) is 0 Å². The zero-order chi connectivity index (χ0) is 10.1. The lowest BCUT2D eigenvalue weighted by molar-refractivity contribution is 0.346. The van der Waals surface area contributed by atoms with Gasteiger partial charge in [0.25, 0.3) is 0 Å². The quantitative estimate of drug-likeness (QED) is 0.549.